The summed E-state index contributed by atoms with van der Waals surface area (Å²) in [7, 11) is 1.67. The number of nitrogen functional groups attached to an aromatic ring is 1. The molecule has 176 valence electrons. The standard InChI is InChI=1S/C22H31N9O2/c1-24-17(33)6-4-2-3-5-9-31-14-27-18-20(30-10-7-16(32)8-11-30)28-19(29-21(18)31)15-12-25-22(23)26-13-15/h12-14,16,32H,2-11H2,1H3,(H,24,33)(H2,23,25,26). The molecule has 1 saturated heterocycles. The summed E-state index contributed by atoms with van der Waals surface area (Å²) in [5.74, 6) is 1.58. The highest BCUT2D eigenvalue weighted by molar-refractivity contribution is 5.85. The van der Waals surface area contributed by atoms with Crippen molar-refractivity contribution in [3.63, 3.8) is 0 Å². The van der Waals surface area contributed by atoms with E-state index in [1.807, 2.05) is 6.33 Å². The van der Waals surface area contributed by atoms with Gasteiger partial charge in [0, 0.05) is 45.5 Å². The number of hydrogen-bond donors (Lipinski definition) is 3. The average Bonchev–Trinajstić information content (AvgIpc) is 3.24. The van der Waals surface area contributed by atoms with Gasteiger partial charge in [0.2, 0.25) is 11.9 Å². The van der Waals surface area contributed by atoms with Crippen LogP contribution in [0.1, 0.15) is 44.9 Å². The van der Waals surface area contributed by atoms with Gasteiger partial charge in [-0.05, 0) is 25.7 Å². The fraction of sp³-hybridized carbons (Fsp3) is 0.545. The number of hydrogen-bond acceptors (Lipinski definition) is 9. The van der Waals surface area contributed by atoms with E-state index in [2.05, 4.69) is 29.7 Å². The largest absolute Gasteiger partial charge is 0.393 e. The molecule has 4 rings (SSSR count). The van der Waals surface area contributed by atoms with Crippen molar-refractivity contribution < 1.29 is 9.90 Å². The summed E-state index contributed by atoms with van der Waals surface area (Å²) in [4.78, 5) is 35.9. The van der Waals surface area contributed by atoms with Gasteiger partial charge in [0.1, 0.15) is 0 Å². The third kappa shape index (κ3) is 5.54. The monoisotopic (exact) mass is 453 g/mol. The Labute approximate surface area is 192 Å². The van der Waals surface area contributed by atoms with Gasteiger partial charge in [-0.3, -0.25) is 4.79 Å². The number of carbonyl (C=O) groups excluding carboxylic acids is 1. The van der Waals surface area contributed by atoms with E-state index < -0.39 is 0 Å². The van der Waals surface area contributed by atoms with E-state index in [-0.39, 0.29) is 18.0 Å². The molecule has 0 aromatic carbocycles. The van der Waals surface area contributed by atoms with Crippen molar-refractivity contribution in [2.75, 3.05) is 30.8 Å². The summed E-state index contributed by atoms with van der Waals surface area (Å²) >= 11 is 0. The fourth-order valence-corrected chi connectivity index (χ4v) is 4.02. The number of nitrogens with two attached hydrogens (primary N) is 1. The molecule has 11 heteroatoms. The fourth-order valence-electron chi connectivity index (χ4n) is 4.02. The second-order valence-electron chi connectivity index (χ2n) is 8.37. The second-order valence-corrected chi connectivity index (χ2v) is 8.37. The van der Waals surface area contributed by atoms with Crippen molar-refractivity contribution >= 4 is 28.8 Å². The summed E-state index contributed by atoms with van der Waals surface area (Å²) in [6, 6.07) is 0. The Morgan fingerprint density at radius 1 is 1.12 bits per heavy atom. The topological polar surface area (TPSA) is 148 Å². The first kappa shape index (κ1) is 22.8. The molecule has 1 fully saturated rings. The molecule has 0 spiro atoms. The van der Waals surface area contributed by atoms with Crippen molar-refractivity contribution in [3.05, 3.63) is 18.7 Å². The highest BCUT2D eigenvalue weighted by atomic mass is 16.3. The van der Waals surface area contributed by atoms with Crippen LogP contribution in [-0.2, 0) is 11.3 Å². The van der Waals surface area contributed by atoms with Crippen molar-refractivity contribution in [1.29, 1.82) is 0 Å². The number of fused-ring (bicyclic) bond motifs is 1. The zero-order chi connectivity index (χ0) is 23.2. The molecule has 4 heterocycles. The molecule has 1 amide bonds. The molecule has 3 aromatic heterocycles. The highest BCUT2D eigenvalue weighted by Gasteiger charge is 2.23. The van der Waals surface area contributed by atoms with E-state index in [1.165, 1.54) is 0 Å². The average molecular weight is 454 g/mol. The number of unbranched alkanes of at least 4 members (excludes halogenated alkanes) is 3. The molecular formula is C22H31N9O2. The number of piperidine rings is 1. The number of anilines is 2. The molecule has 1 aliphatic rings. The maximum atomic E-state index is 11.4. The number of imidazole rings is 1. The minimum atomic E-state index is -0.274. The zero-order valence-electron chi connectivity index (χ0n) is 18.9. The van der Waals surface area contributed by atoms with Crippen molar-refractivity contribution in [3.8, 4) is 11.4 Å². The van der Waals surface area contributed by atoms with Gasteiger partial charge in [-0.15, -0.1) is 0 Å². The second kappa shape index (κ2) is 10.5. The Balaban J connectivity index is 1.56. The number of carbonyl (C=O) groups is 1. The summed E-state index contributed by atoms with van der Waals surface area (Å²) in [6.07, 6.45) is 10.6. The van der Waals surface area contributed by atoms with Crippen LogP contribution in [0.4, 0.5) is 11.8 Å². The number of nitrogens with zero attached hydrogens (tertiary/aromatic N) is 7. The van der Waals surface area contributed by atoms with Crippen LogP contribution >= 0.6 is 0 Å². The minimum absolute atomic E-state index is 0.0873. The van der Waals surface area contributed by atoms with Crippen molar-refractivity contribution in [2.24, 2.45) is 0 Å². The highest BCUT2D eigenvalue weighted by Crippen LogP contribution is 2.28. The van der Waals surface area contributed by atoms with Gasteiger partial charge in [0.25, 0.3) is 0 Å². The van der Waals surface area contributed by atoms with Crippen LogP contribution in [0.15, 0.2) is 18.7 Å². The van der Waals surface area contributed by atoms with Crippen LogP contribution in [0.2, 0.25) is 0 Å². The van der Waals surface area contributed by atoms with Crippen LogP contribution in [0.5, 0.6) is 0 Å². The molecule has 4 N–H and O–H groups in total. The Hall–Kier alpha value is -3.34. The maximum absolute atomic E-state index is 11.4. The third-order valence-electron chi connectivity index (χ3n) is 5.97. The number of amides is 1. The first-order valence-electron chi connectivity index (χ1n) is 11.5. The number of aliphatic hydroxyl groups is 1. The van der Waals surface area contributed by atoms with E-state index in [0.717, 1.165) is 49.2 Å². The Kier molecular flexibility index (Phi) is 7.28. The number of aromatic nitrogens is 6. The van der Waals surface area contributed by atoms with Gasteiger partial charge < -0.3 is 25.6 Å². The number of rotatable bonds is 9. The molecule has 0 radical (unpaired) electrons. The van der Waals surface area contributed by atoms with Gasteiger partial charge in [-0.25, -0.2) is 24.9 Å². The number of aryl methyl sites for hydroxylation is 1. The quantitative estimate of drug-likeness (QED) is 0.410. The molecule has 3 aromatic rings. The first-order chi connectivity index (χ1) is 16.0. The van der Waals surface area contributed by atoms with E-state index in [9.17, 15) is 9.90 Å². The molecular weight excluding hydrogens is 422 g/mol. The van der Waals surface area contributed by atoms with Gasteiger partial charge in [0.15, 0.2) is 22.8 Å². The van der Waals surface area contributed by atoms with Crippen LogP contribution in [0.25, 0.3) is 22.6 Å². The van der Waals surface area contributed by atoms with Gasteiger partial charge in [-0.2, -0.15) is 0 Å². The molecule has 11 nitrogen and oxygen atoms in total. The lowest BCUT2D eigenvalue weighted by atomic mass is 10.1. The van der Waals surface area contributed by atoms with Crippen LogP contribution < -0.4 is 16.0 Å². The van der Waals surface area contributed by atoms with Gasteiger partial charge in [-0.1, -0.05) is 12.8 Å². The minimum Gasteiger partial charge on any atom is -0.393 e. The molecule has 33 heavy (non-hydrogen) atoms. The number of nitrogens with one attached hydrogen (secondary N) is 1. The normalized spacial score (nSPS) is 14.7. The van der Waals surface area contributed by atoms with Crippen molar-refractivity contribution in [1.82, 2.24) is 34.8 Å². The Morgan fingerprint density at radius 3 is 2.58 bits per heavy atom. The molecule has 0 bridgehead atoms. The molecule has 0 saturated carbocycles. The predicted molar refractivity (Wildman–Crippen MR) is 125 cm³/mol. The van der Waals surface area contributed by atoms with E-state index in [0.29, 0.717) is 43.7 Å². The van der Waals surface area contributed by atoms with E-state index >= 15 is 0 Å². The molecule has 0 unspecified atom stereocenters. The smallest absolute Gasteiger partial charge is 0.219 e. The lowest BCUT2D eigenvalue weighted by Crippen LogP contribution is -2.36. The van der Waals surface area contributed by atoms with E-state index in [4.69, 9.17) is 15.7 Å². The van der Waals surface area contributed by atoms with Crippen molar-refractivity contribution in [2.45, 2.75) is 57.6 Å². The Morgan fingerprint density at radius 2 is 1.85 bits per heavy atom. The van der Waals surface area contributed by atoms with Gasteiger partial charge >= 0.3 is 0 Å². The molecule has 0 aliphatic carbocycles. The first-order valence-corrected chi connectivity index (χ1v) is 11.5. The number of aliphatic hydroxyl groups excluding tert-OH is 1. The van der Waals surface area contributed by atoms with Crippen LogP contribution in [0.3, 0.4) is 0 Å². The SMILES string of the molecule is CNC(=O)CCCCCCn1cnc2c(N3CCC(O)CC3)nc(-c3cnc(N)nc3)nc21. The molecule has 1 aliphatic heterocycles. The Bertz CT molecular complexity index is 1080. The lowest BCUT2D eigenvalue weighted by molar-refractivity contribution is -0.120. The van der Waals surface area contributed by atoms with E-state index in [1.54, 1.807) is 19.4 Å². The maximum Gasteiger partial charge on any atom is 0.219 e. The zero-order valence-corrected chi connectivity index (χ0v) is 18.9. The summed E-state index contributed by atoms with van der Waals surface area (Å²) in [5.41, 5.74) is 7.85. The lowest BCUT2D eigenvalue weighted by Gasteiger charge is -2.30. The summed E-state index contributed by atoms with van der Waals surface area (Å²) in [6.45, 7) is 2.20. The summed E-state index contributed by atoms with van der Waals surface area (Å²) < 4.78 is 2.06. The summed E-state index contributed by atoms with van der Waals surface area (Å²) in [5, 5.41) is 12.6. The molecule has 0 atom stereocenters. The van der Waals surface area contributed by atoms with Gasteiger partial charge in [0.05, 0.1) is 18.0 Å². The predicted octanol–water partition coefficient (Wildman–Crippen LogP) is 1.52. The van der Waals surface area contributed by atoms with Crippen LogP contribution in [0, 0.1) is 0 Å². The van der Waals surface area contributed by atoms with Crippen LogP contribution in [-0.4, -0.2) is 66.7 Å². The third-order valence-corrected chi connectivity index (χ3v) is 5.97.